The molecule has 0 aromatic heterocycles. The van der Waals surface area contributed by atoms with E-state index in [2.05, 4.69) is 15.9 Å². The number of hydrogen-bond acceptors (Lipinski definition) is 5. The molecule has 0 atom stereocenters. The van der Waals surface area contributed by atoms with Crippen LogP contribution in [0.15, 0.2) is 40.9 Å². The van der Waals surface area contributed by atoms with Gasteiger partial charge >= 0.3 is 0 Å². The monoisotopic (exact) mass is 449 g/mol. The molecule has 1 fully saturated rings. The SMILES string of the molecule is COc1cc(Br)c(C=CC(=O)c2ccc(N3CCOCC3)c(F)c2)cc1OC. The Hall–Kier alpha value is -2.38. The second kappa shape index (κ2) is 9.21. The molecule has 2 aromatic rings. The number of carbonyl (C=O) groups excluding carboxylic acids is 1. The van der Waals surface area contributed by atoms with Crippen molar-refractivity contribution in [3.63, 3.8) is 0 Å². The Morgan fingerprint density at radius 1 is 1.14 bits per heavy atom. The number of halogens is 2. The molecular formula is C21H21BrFNO4. The van der Waals surface area contributed by atoms with Crippen molar-refractivity contribution in [2.45, 2.75) is 0 Å². The van der Waals surface area contributed by atoms with Gasteiger partial charge in [-0.1, -0.05) is 15.9 Å². The van der Waals surface area contributed by atoms with E-state index in [4.69, 9.17) is 14.2 Å². The van der Waals surface area contributed by atoms with Crippen LogP contribution >= 0.6 is 15.9 Å². The van der Waals surface area contributed by atoms with Crippen LogP contribution in [-0.4, -0.2) is 46.3 Å². The van der Waals surface area contributed by atoms with Crippen molar-refractivity contribution in [3.05, 3.63) is 57.8 Å². The van der Waals surface area contributed by atoms with Gasteiger partial charge in [-0.15, -0.1) is 0 Å². The fraction of sp³-hybridized carbons (Fsp3) is 0.286. The minimum atomic E-state index is -0.409. The molecule has 1 aliphatic rings. The van der Waals surface area contributed by atoms with Gasteiger partial charge in [-0.25, -0.2) is 4.39 Å². The van der Waals surface area contributed by atoms with Gasteiger partial charge in [0.2, 0.25) is 0 Å². The number of ketones is 1. The van der Waals surface area contributed by atoms with Crippen molar-refractivity contribution < 1.29 is 23.4 Å². The van der Waals surface area contributed by atoms with E-state index in [0.717, 1.165) is 10.0 Å². The summed E-state index contributed by atoms with van der Waals surface area (Å²) in [5.74, 6) is 0.444. The van der Waals surface area contributed by atoms with Gasteiger partial charge in [0.05, 0.1) is 33.1 Å². The molecule has 5 nitrogen and oxygen atoms in total. The summed E-state index contributed by atoms with van der Waals surface area (Å²) in [5, 5.41) is 0. The highest BCUT2D eigenvalue weighted by Crippen LogP contribution is 2.34. The lowest BCUT2D eigenvalue weighted by Crippen LogP contribution is -2.36. The molecule has 0 N–H and O–H groups in total. The summed E-state index contributed by atoms with van der Waals surface area (Å²) in [4.78, 5) is 14.4. The molecule has 2 aromatic carbocycles. The van der Waals surface area contributed by atoms with Crippen molar-refractivity contribution in [3.8, 4) is 11.5 Å². The lowest BCUT2D eigenvalue weighted by Gasteiger charge is -2.29. The number of hydrogen-bond donors (Lipinski definition) is 0. The van der Waals surface area contributed by atoms with E-state index < -0.39 is 5.82 Å². The minimum absolute atomic E-state index is 0.283. The number of nitrogens with zero attached hydrogens (tertiary/aromatic N) is 1. The minimum Gasteiger partial charge on any atom is -0.493 e. The number of anilines is 1. The molecule has 3 rings (SSSR count). The van der Waals surface area contributed by atoms with Gasteiger partial charge in [0.25, 0.3) is 0 Å². The molecule has 1 heterocycles. The number of rotatable bonds is 6. The molecular weight excluding hydrogens is 429 g/mol. The highest BCUT2D eigenvalue weighted by molar-refractivity contribution is 9.10. The van der Waals surface area contributed by atoms with E-state index >= 15 is 0 Å². The quantitative estimate of drug-likeness (QED) is 0.484. The molecule has 0 radical (unpaired) electrons. The summed E-state index contributed by atoms with van der Waals surface area (Å²) >= 11 is 3.45. The lowest BCUT2D eigenvalue weighted by molar-refractivity contribution is 0.104. The van der Waals surface area contributed by atoms with Gasteiger partial charge in [0, 0.05) is 23.1 Å². The summed E-state index contributed by atoms with van der Waals surface area (Å²) < 4.78 is 31.1. The molecule has 0 bridgehead atoms. The van der Waals surface area contributed by atoms with Crippen LogP contribution in [0.1, 0.15) is 15.9 Å². The Labute approximate surface area is 171 Å². The van der Waals surface area contributed by atoms with E-state index in [0.29, 0.717) is 49.1 Å². The molecule has 0 spiro atoms. The maximum Gasteiger partial charge on any atom is 0.185 e. The third kappa shape index (κ3) is 4.54. The van der Waals surface area contributed by atoms with E-state index in [1.165, 1.54) is 12.1 Å². The smallest absolute Gasteiger partial charge is 0.185 e. The van der Waals surface area contributed by atoms with Crippen molar-refractivity contribution in [2.24, 2.45) is 0 Å². The number of ether oxygens (including phenoxy) is 3. The first-order valence-electron chi connectivity index (χ1n) is 8.79. The zero-order valence-corrected chi connectivity index (χ0v) is 17.3. The summed E-state index contributed by atoms with van der Waals surface area (Å²) in [5.41, 5.74) is 1.53. The standard InChI is InChI=1S/C21H21BrFNO4/c1-26-20-12-14(16(22)13-21(20)27-2)4-6-19(25)15-3-5-18(17(23)11-15)24-7-9-28-10-8-24/h3-6,11-13H,7-10H2,1-2H3. The fourth-order valence-electron chi connectivity index (χ4n) is 2.98. The van der Waals surface area contributed by atoms with Crippen molar-refractivity contribution in [1.29, 1.82) is 0 Å². The maximum absolute atomic E-state index is 14.5. The molecule has 148 valence electrons. The molecule has 0 amide bonds. The number of allylic oxidation sites excluding steroid dienone is 1. The third-order valence-electron chi connectivity index (χ3n) is 4.50. The van der Waals surface area contributed by atoms with Gasteiger partial charge in [0.1, 0.15) is 5.82 Å². The second-order valence-corrected chi connectivity index (χ2v) is 7.05. The average Bonchev–Trinajstić information content (AvgIpc) is 2.72. The zero-order valence-electron chi connectivity index (χ0n) is 15.7. The molecule has 1 aliphatic heterocycles. The molecule has 0 aliphatic carbocycles. The highest BCUT2D eigenvalue weighted by atomic mass is 79.9. The molecule has 28 heavy (non-hydrogen) atoms. The highest BCUT2D eigenvalue weighted by Gasteiger charge is 2.16. The van der Waals surface area contributed by atoms with Crippen LogP contribution in [0.4, 0.5) is 10.1 Å². The predicted molar refractivity (Wildman–Crippen MR) is 110 cm³/mol. The van der Waals surface area contributed by atoms with Crippen LogP contribution in [0.2, 0.25) is 0 Å². The largest absolute Gasteiger partial charge is 0.493 e. The van der Waals surface area contributed by atoms with Crippen molar-refractivity contribution in [1.82, 2.24) is 0 Å². The van der Waals surface area contributed by atoms with E-state index in [9.17, 15) is 9.18 Å². The number of morpholine rings is 1. The average molecular weight is 450 g/mol. The van der Waals surface area contributed by atoms with Crippen LogP contribution in [0.5, 0.6) is 11.5 Å². The third-order valence-corrected chi connectivity index (χ3v) is 5.19. The Balaban J connectivity index is 1.78. The van der Waals surface area contributed by atoms with Crippen LogP contribution in [0.3, 0.4) is 0 Å². The molecule has 7 heteroatoms. The van der Waals surface area contributed by atoms with Crippen molar-refractivity contribution >= 4 is 33.5 Å². The van der Waals surface area contributed by atoms with Gasteiger partial charge in [-0.3, -0.25) is 4.79 Å². The summed E-state index contributed by atoms with van der Waals surface area (Å²) in [6.45, 7) is 2.42. The zero-order chi connectivity index (χ0) is 20.1. The first-order chi connectivity index (χ1) is 13.5. The first-order valence-corrected chi connectivity index (χ1v) is 9.59. The van der Waals surface area contributed by atoms with E-state index in [-0.39, 0.29) is 5.78 Å². The van der Waals surface area contributed by atoms with E-state index in [1.54, 1.807) is 44.6 Å². The van der Waals surface area contributed by atoms with Gasteiger partial charge in [0.15, 0.2) is 17.3 Å². The van der Waals surface area contributed by atoms with Gasteiger partial charge in [-0.2, -0.15) is 0 Å². The summed E-state index contributed by atoms with van der Waals surface area (Å²) in [7, 11) is 3.10. The molecule has 0 unspecified atom stereocenters. The Bertz CT molecular complexity index is 894. The van der Waals surface area contributed by atoms with Crippen LogP contribution in [0, 0.1) is 5.82 Å². The summed E-state index contributed by atoms with van der Waals surface area (Å²) in [6, 6.07) is 8.09. The first kappa shape index (κ1) is 20.4. The fourth-order valence-corrected chi connectivity index (χ4v) is 3.43. The normalized spacial score (nSPS) is 14.4. The van der Waals surface area contributed by atoms with Crippen LogP contribution in [-0.2, 0) is 4.74 Å². The number of benzene rings is 2. The lowest BCUT2D eigenvalue weighted by atomic mass is 10.1. The number of carbonyl (C=O) groups is 1. The van der Waals surface area contributed by atoms with E-state index in [1.807, 2.05) is 4.90 Å². The van der Waals surface area contributed by atoms with Gasteiger partial charge in [-0.05, 0) is 48.0 Å². The van der Waals surface area contributed by atoms with Crippen LogP contribution in [0.25, 0.3) is 6.08 Å². The topological polar surface area (TPSA) is 48.0 Å². The Morgan fingerprint density at radius 3 is 2.46 bits per heavy atom. The van der Waals surface area contributed by atoms with Gasteiger partial charge < -0.3 is 19.1 Å². The predicted octanol–water partition coefficient (Wildman–Crippen LogP) is 4.34. The van der Waals surface area contributed by atoms with Crippen molar-refractivity contribution in [2.75, 3.05) is 45.4 Å². The van der Waals surface area contributed by atoms with Crippen LogP contribution < -0.4 is 14.4 Å². The second-order valence-electron chi connectivity index (χ2n) is 6.19. The number of methoxy groups -OCH3 is 2. The summed E-state index contributed by atoms with van der Waals surface area (Å²) in [6.07, 6.45) is 3.07. The Morgan fingerprint density at radius 2 is 1.82 bits per heavy atom. The molecule has 1 saturated heterocycles. The molecule has 0 saturated carbocycles. The maximum atomic E-state index is 14.5. The Kier molecular flexibility index (Phi) is 6.70.